The normalized spacial score (nSPS) is 10.5. The lowest BCUT2D eigenvalue weighted by Crippen LogP contribution is -2.26. The van der Waals surface area contributed by atoms with E-state index in [1.54, 1.807) is 36.4 Å². The number of aryl methyl sites for hydroxylation is 1. The highest BCUT2D eigenvalue weighted by Crippen LogP contribution is 2.21. The molecule has 1 heterocycles. The van der Waals surface area contributed by atoms with Crippen LogP contribution in [0.1, 0.15) is 21.7 Å². The first-order valence-corrected chi connectivity index (χ1v) is 6.62. The molecule has 2 N–H and O–H groups in total. The van der Waals surface area contributed by atoms with Gasteiger partial charge >= 0.3 is 0 Å². The zero-order valence-corrected chi connectivity index (χ0v) is 12.4. The van der Waals surface area contributed by atoms with Gasteiger partial charge in [0.1, 0.15) is 5.76 Å². The highest BCUT2D eigenvalue weighted by Gasteiger charge is 2.14. The van der Waals surface area contributed by atoms with Gasteiger partial charge in [0.25, 0.3) is 5.91 Å². The Hall–Kier alpha value is -1.75. The number of anilines is 1. The van der Waals surface area contributed by atoms with Crippen molar-refractivity contribution in [1.29, 1.82) is 0 Å². The predicted molar refractivity (Wildman–Crippen MR) is 77.8 cm³/mol. The highest BCUT2D eigenvalue weighted by atomic mass is 79.9. The molecule has 0 spiro atoms. The number of halogens is 1. The summed E-state index contributed by atoms with van der Waals surface area (Å²) in [7, 11) is 1.76. The molecule has 0 radical (unpaired) electrons. The van der Waals surface area contributed by atoms with Gasteiger partial charge < -0.3 is 15.1 Å². The molecule has 0 unspecified atom stereocenters. The minimum Gasteiger partial charge on any atom is -0.469 e. The molecule has 5 heteroatoms. The topological polar surface area (TPSA) is 59.5 Å². The second kappa shape index (κ2) is 5.48. The Morgan fingerprint density at radius 3 is 2.74 bits per heavy atom. The van der Waals surface area contributed by atoms with Gasteiger partial charge in [-0.15, -0.1) is 0 Å². The van der Waals surface area contributed by atoms with Gasteiger partial charge in [-0.3, -0.25) is 4.79 Å². The summed E-state index contributed by atoms with van der Waals surface area (Å²) in [6.07, 6.45) is 1.63. The molecule has 0 saturated carbocycles. The van der Waals surface area contributed by atoms with Crippen LogP contribution in [0.25, 0.3) is 0 Å². The standard InChI is InChI=1S/C14H15BrN2O2/c1-9-11(5-6-19-9)8-17(2)14(18)10-3-4-12(15)13(16)7-10/h3-7H,8,16H2,1-2H3. The number of hydrogen-bond acceptors (Lipinski definition) is 3. The fourth-order valence-electron chi connectivity index (χ4n) is 1.80. The van der Waals surface area contributed by atoms with E-state index in [2.05, 4.69) is 15.9 Å². The van der Waals surface area contributed by atoms with Crippen molar-refractivity contribution >= 4 is 27.5 Å². The first kappa shape index (κ1) is 13.7. The van der Waals surface area contributed by atoms with E-state index in [-0.39, 0.29) is 5.91 Å². The van der Waals surface area contributed by atoms with Gasteiger partial charge in [-0.25, -0.2) is 0 Å². The molecule has 100 valence electrons. The smallest absolute Gasteiger partial charge is 0.253 e. The Morgan fingerprint density at radius 1 is 1.42 bits per heavy atom. The Balaban J connectivity index is 2.15. The molecule has 0 fully saturated rings. The number of furan rings is 1. The third kappa shape index (κ3) is 2.98. The molecular formula is C14H15BrN2O2. The number of carbonyl (C=O) groups excluding carboxylic acids is 1. The molecule has 0 saturated heterocycles. The largest absolute Gasteiger partial charge is 0.469 e. The summed E-state index contributed by atoms with van der Waals surface area (Å²) in [6, 6.07) is 7.07. The third-order valence-corrected chi connectivity index (χ3v) is 3.69. The van der Waals surface area contributed by atoms with Crippen molar-refractivity contribution < 1.29 is 9.21 Å². The molecule has 2 aromatic rings. The van der Waals surface area contributed by atoms with E-state index < -0.39 is 0 Å². The number of hydrogen-bond donors (Lipinski definition) is 1. The van der Waals surface area contributed by atoms with Crippen LogP contribution in [0.2, 0.25) is 0 Å². The summed E-state index contributed by atoms with van der Waals surface area (Å²) in [5.41, 5.74) is 7.91. The SMILES string of the molecule is Cc1occc1CN(C)C(=O)c1ccc(Br)c(N)c1. The second-order valence-corrected chi connectivity index (χ2v) is 5.25. The molecule has 4 nitrogen and oxygen atoms in total. The van der Waals surface area contributed by atoms with E-state index in [1.807, 2.05) is 13.0 Å². The minimum atomic E-state index is -0.0696. The Morgan fingerprint density at radius 2 is 2.16 bits per heavy atom. The van der Waals surface area contributed by atoms with Crippen LogP contribution < -0.4 is 5.73 Å². The maximum atomic E-state index is 12.3. The molecule has 19 heavy (non-hydrogen) atoms. The predicted octanol–water partition coefficient (Wildman–Crippen LogP) is 3.20. The maximum Gasteiger partial charge on any atom is 0.253 e. The first-order chi connectivity index (χ1) is 8.99. The number of benzene rings is 1. The average Bonchev–Trinajstić information content (AvgIpc) is 2.77. The zero-order chi connectivity index (χ0) is 14.0. The van der Waals surface area contributed by atoms with Crippen molar-refractivity contribution in [2.24, 2.45) is 0 Å². The lowest BCUT2D eigenvalue weighted by atomic mass is 10.1. The minimum absolute atomic E-state index is 0.0696. The molecule has 1 amide bonds. The summed E-state index contributed by atoms with van der Waals surface area (Å²) in [6.45, 7) is 2.39. The fraction of sp³-hybridized carbons (Fsp3) is 0.214. The van der Waals surface area contributed by atoms with E-state index in [1.165, 1.54) is 0 Å². The van der Waals surface area contributed by atoms with Crippen LogP contribution in [0, 0.1) is 6.92 Å². The van der Waals surface area contributed by atoms with Gasteiger partial charge in [0.15, 0.2) is 0 Å². The van der Waals surface area contributed by atoms with E-state index >= 15 is 0 Å². The number of nitrogens with zero attached hydrogens (tertiary/aromatic N) is 1. The maximum absolute atomic E-state index is 12.3. The molecule has 0 atom stereocenters. The highest BCUT2D eigenvalue weighted by molar-refractivity contribution is 9.10. The van der Waals surface area contributed by atoms with Crippen LogP contribution >= 0.6 is 15.9 Å². The van der Waals surface area contributed by atoms with Crippen molar-refractivity contribution in [3.05, 3.63) is 51.9 Å². The number of rotatable bonds is 3. The summed E-state index contributed by atoms with van der Waals surface area (Å²) < 4.78 is 6.01. The molecule has 0 aliphatic rings. The van der Waals surface area contributed by atoms with Crippen molar-refractivity contribution in [2.45, 2.75) is 13.5 Å². The Labute approximate surface area is 120 Å². The lowest BCUT2D eigenvalue weighted by Gasteiger charge is -2.17. The Bertz CT molecular complexity index is 607. The quantitative estimate of drug-likeness (QED) is 0.883. The summed E-state index contributed by atoms with van der Waals surface area (Å²) in [4.78, 5) is 13.9. The molecule has 0 bridgehead atoms. The van der Waals surface area contributed by atoms with Gasteiger partial charge in [0, 0.05) is 34.9 Å². The van der Waals surface area contributed by atoms with Crippen molar-refractivity contribution in [3.63, 3.8) is 0 Å². The Kier molecular flexibility index (Phi) is 3.95. The van der Waals surface area contributed by atoms with Gasteiger partial charge in [-0.2, -0.15) is 0 Å². The van der Waals surface area contributed by atoms with Crippen LogP contribution in [-0.2, 0) is 6.54 Å². The third-order valence-electron chi connectivity index (χ3n) is 2.96. The van der Waals surface area contributed by atoms with Crippen LogP contribution in [0.4, 0.5) is 5.69 Å². The number of amides is 1. The van der Waals surface area contributed by atoms with Gasteiger partial charge in [0.2, 0.25) is 0 Å². The van der Waals surface area contributed by atoms with E-state index in [9.17, 15) is 4.79 Å². The lowest BCUT2D eigenvalue weighted by molar-refractivity contribution is 0.0784. The van der Waals surface area contributed by atoms with E-state index in [0.29, 0.717) is 17.8 Å². The number of nitrogens with two attached hydrogens (primary N) is 1. The monoisotopic (exact) mass is 322 g/mol. The van der Waals surface area contributed by atoms with Crippen LogP contribution in [0.5, 0.6) is 0 Å². The van der Waals surface area contributed by atoms with Crippen molar-refractivity contribution in [3.8, 4) is 0 Å². The van der Waals surface area contributed by atoms with Gasteiger partial charge in [-0.1, -0.05) is 0 Å². The van der Waals surface area contributed by atoms with Crippen molar-refractivity contribution in [1.82, 2.24) is 4.90 Å². The van der Waals surface area contributed by atoms with E-state index in [4.69, 9.17) is 10.2 Å². The molecule has 1 aromatic carbocycles. The molecule has 1 aromatic heterocycles. The van der Waals surface area contributed by atoms with Crippen LogP contribution in [0.3, 0.4) is 0 Å². The first-order valence-electron chi connectivity index (χ1n) is 5.82. The van der Waals surface area contributed by atoms with Crippen molar-refractivity contribution in [2.75, 3.05) is 12.8 Å². The summed E-state index contributed by atoms with van der Waals surface area (Å²) in [5, 5.41) is 0. The summed E-state index contributed by atoms with van der Waals surface area (Å²) >= 11 is 3.31. The zero-order valence-electron chi connectivity index (χ0n) is 10.8. The van der Waals surface area contributed by atoms with Gasteiger partial charge in [-0.05, 0) is 47.1 Å². The molecule has 2 rings (SSSR count). The average molecular weight is 323 g/mol. The van der Waals surface area contributed by atoms with E-state index in [0.717, 1.165) is 15.8 Å². The molecular weight excluding hydrogens is 308 g/mol. The fourth-order valence-corrected chi connectivity index (χ4v) is 2.05. The van der Waals surface area contributed by atoms with Crippen LogP contribution in [-0.4, -0.2) is 17.9 Å². The molecule has 0 aliphatic carbocycles. The molecule has 0 aliphatic heterocycles. The number of carbonyl (C=O) groups is 1. The number of nitrogen functional groups attached to an aromatic ring is 1. The van der Waals surface area contributed by atoms with Gasteiger partial charge in [0.05, 0.1) is 6.26 Å². The second-order valence-electron chi connectivity index (χ2n) is 4.40. The summed E-state index contributed by atoms with van der Waals surface area (Å²) in [5.74, 6) is 0.759. The van der Waals surface area contributed by atoms with Crippen LogP contribution in [0.15, 0.2) is 39.4 Å².